The molecule has 164 valence electrons. The smallest absolute Gasteiger partial charge is 0.224 e. The quantitative estimate of drug-likeness (QED) is 0.675. The maximum Gasteiger partial charge on any atom is 0.224 e. The van der Waals surface area contributed by atoms with Gasteiger partial charge in [-0.05, 0) is 31.6 Å². The van der Waals surface area contributed by atoms with E-state index in [-0.39, 0.29) is 23.6 Å². The highest BCUT2D eigenvalue weighted by Crippen LogP contribution is 2.24. The number of carbonyl (C=O) groups is 3. The van der Waals surface area contributed by atoms with Crippen molar-refractivity contribution in [1.29, 1.82) is 0 Å². The number of amides is 3. The normalized spacial score (nSPS) is 24.5. The fourth-order valence-electron chi connectivity index (χ4n) is 5.11. The minimum atomic E-state index is -0.0848. The molecule has 2 saturated heterocycles. The molecule has 0 aromatic heterocycles. The first-order valence-electron chi connectivity index (χ1n) is 12.0. The average Bonchev–Trinajstić information content (AvgIpc) is 3.09. The molecule has 3 aliphatic rings. The van der Waals surface area contributed by atoms with Gasteiger partial charge in [0.05, 0.1) is 5.92 Å². The zero-order valence-corrected chi connectivity index (χ0v) is 18.0. The van der Waals surface area contributed by atoms with Gasteiger partial charge in [0.15, 0.2) is 0 Å². The lowest BCUT2D eigenvalue weighted by molar-refractivity contribution is -0.138. The molecule has 29 heavy (non-hydrogen) atoms. The van der Waals surface area contributed by atoms with E-state index in [1.54, 1.807) is 0 Å². The highest BCUT2D eigenvalue weighted by molar-refractivity contribution is 5.83. The minimum Gasteiger partial charge on any atom is -0.356 e. The number of carbonyl (C=O) groups excluding carboxylic acids is 3. The lowest BCUT2D eigenvalue weighted by atomic mass is 9.89. The summed E-state index contributed by atoms with van der Waals surface area (Å²) in [6, 6.07) is 0. The number of hydrogen-bond acceptors (Lipinski definition) is 3. The Morgan fingerprint density at radius 1 is 0.862 bits per heavy atom. The van der Waals surface area contributed by atoms with E-state index in [9.17, 15) is 14.4 Å². The number of nitrogens with zero attached hydrogens (tertiary/aromatic N) is 2. The molecule has 0 aromatic carbocycles. The summed E-state index contributed by atoms with van der Waals surface area (Å²) < 4.78 is 0. The molecule has 2 heterocycles. The predicted octanol–water partition coefficient (Wildman–Crippen LogP) is 3.10. The van der Waals surface area contributed by atoms with Crippen LogP contribution in [0.2, 0.25) is 0 Å². The second-order valence-electron chi connectivity index (χ2n) is 9.20. The fraction of sp³-hybridized carbons (Fsp3) is 0.870. The van der Waals surface area contributed by atoms with Crippen LogP contribution in [0.4, 0.5) is 0 Å². The molecule has 6 heteroatoms. The van der Waals surface area contributed by atoms with Crippen LogP contribution in [0.15, 0.2) is 0 Å². The summed E-state index contributed by atoms with van der Waals surface area (Å²) in [7, 11) is 0. The summed E-state index contributed by atoms with van der Waals surface area (Å²) in [6.07, 6.45) is 14.0. The third-order valence-corrected chi connectivity index (χ3v) is 6.97. The SMILES string of the molecule is O=C(NCCC1CCCCCCC1)[C@H]1CCC(=O)N(CCCN2CCCC2=O)C1. The average molecular weight is 406 g/mol. The summed E-state index contributed by atoms with van der Waals surface area (Å²) in [5.74, 6) is 1.17. The maximum absolute atomic E-state index is 12.6. The molecule has 1 N–H and O–H groups in total. The molecule has 6 nitrogen and oxygen atoms in total. The van der Waals surface area contributed by atoms with E-state index in [0.29, 0.717) is 32.4 Å². The van der Waals surface area contributed by atoms with Crippen LogP contribution in [0.5, 0.6) is 0 Å². The van der Waals surface area contributed by atoms with Gasteiger partial charge in [-0.25, -0.2) is 0 Å². The molecule has 0 radical (unpaired) electrons. The Bertz CT molecular complexity index is 558. The zero-order valence-electron chi connectivity index (χ0n) is 18.0. The van der Waals surface area contributed by atoms with Crippen molar-refractivity contribution in [1.82, 2.24) is 15.1 Å². The van der Waals surface area contributed by atoms with Crippen LogP contribution in [-0.2, 0) is 14.4 Å². The van der Waals surface area contributed by atoms with E-state index >= 15 is 0 Å². The number of hydrogen-bond donors (Lipinski definition) is 1. The van der Waals surface area contributed by atoms with E-state index in [4.69, 9.17) is 0 Å². The number of rotatable bonds is 8. The van der Waals surface area contributed by atoms with Gasteiger partial charge in [-0.1, -0.05) is 44.9 Å². The van der Waals surface area contributed by atoms with Gasteiger partial charge in [-0.15, -0.1) is 0 Å². The van der Waals surface area contributed by atoms with Gasteiger partial charge in [0, 0.05) is 45.6 Å². The molecule has 2 aliphatic heterocycles. The molecule has 1 saturated carbocycles. The molecule has 3 amide bonds. The van der Waals surface area contributed by atoms with Gasteiger partial charge >= 0.3 is 0 Å². The summed E-state index contributed by atoms with van der Waals surface area (Å²) in [6.45, 7) is 3.52. The summed E-state index contributed by atoms with van der Waals surface area (Å²) in [5.41, 5.74) is 0. The van der Waals surface area contributed by atoms with Gasteiger partial charge in [0.1, 0.15) is 0 Å². The molecule has 0 aromatic rings. The van der Waals surface area contributed by atoms with Crippen LogP contribution in [0.25, 0.3) is 0 Å². The Labute approximate surface area is 175 Å². The van der Waals surface area contributed by atoms with Crippen molar-refractivity contribution >= 4 is 17.7 Å². The van der Waals surface area contributed by atoms with Crippen LogP contribution >= 0.6 is 0 Å². The van der Waals surface area contributed by atoms with Crippen molar-refractivity contribution in [2.75, 3.05) is 32.7 Å². The molecule has 1 atom stereocenters. The highest BCUT2D eigenvalue weighted by atomic mass is 16.2. The Morgan fingerprint density at radius 3 is 2.28 bits per heavy atom. The lowest BCUT2D eigenvalue weighted by Crippen LogP contribution is -2.46. The summed E-state index contributed by atoms with van der Waals surface area (Å²) in [4.78, 5) is 40.3. The molecule has 3 fully saturated rings. The summed E-state index contributed by atoms with van der Waals surface area (Å²) in [5, 5.41) is 3.15. The second-order valence-corrected chi connectivity index (χ2v) is 9.20. The topological polar surface area (TPSA) is 69.7 Å². The van der Waals surface area contributed by atoms with Crippen LogP contribution in [0.3, 0.4) is 0 Å². The molecule has 0 bridgehead atoms. The van der Waals surface area contributed by atoms with E-state index in [0.717, 1.165) is 44.8 Å². The third-order valence-electron chi connectivity index (χ3n) is 6.97. The molecule has 1 aliphatic carbocycles. The first-order chi connectivity index (χ1) is 14.1. The monoisotopic (exact) mass is 405 g/mol. The second kappa shape index (κ2) is 11.6. The van der Waals surface area contributed by atoms with Crippen molar-refractivity contribution in [2.24, 2.45) is 11.8 Å². The van der Waals surface area contributed by atoms with E-state index < -0.39 is 0 Å². The first kappa shape index (κ1) is 22.1. The third kappa shape index (κ3) is 7.00. The lowest BCUT2D eigenvalue weighted by Gasteiger charge is -2.32. The summed E-state index contributed by atoms with van der Waals surface area (Å²) >= 11 is 0. The van der Waals surface area contributed by atoms with Gasteiger partial charge in [-0.2, -0.15) is 0 Å². The van der Waals surface area contributed by atoms with Gasteiger partial charge < -0.3 is 15.1 Å². The van der Waals surface area contributed by atoms with Crippen molar-refractivity contribution in [3.05, 3.63) is 0 Å². The van der Waals surface area contributed by atoms with Crippen LogP contribution in [0.1, 0.15) is 83.5 Å². The number of likely N-dealkylation sites (tertiary alicyclic amines) is 2. The molecule has 0 unspecified atom stereocenters. The minimum absolute atomic E-state index is 0.0848. The maximum atomic E-state index is 12.6. The number of piperidine rings is 1. The molecular formula is C23H39N3O3. The van der Waals surface area contributed by atoms with Gasteiger partial charge in [-0.3, -0.25) is 14.4 Å². The van der Waals surface area contributed by atoms with E-state index in [1.165, 1.54) is 44.9 Å². The van der Waals surface area contributed by atoms with E-state index in [1.807, 2.05) is 9.80 Å². The molecule has 3 rings (SSSR count). The Balaban J connectivity index is 1.35. The first-order valence-corrected chi connectivity index (χ1v) is 12.0. The highest BCUT2D eigenvalue weighted by Gasteiger charge is 2.30. The zero-order chi connectivity index (χ0) is 20.5. The van der Waals surface area contributed by atoms with Crippen molar-refractivity contribution in [3.8, 4) is 0 Å². The Morgan fingerprint density at radius 2 is 1.55 bits per heavy atom. The largest absolute Gasteiger partial charge is 0.356 e. The number of nitrogens with one attached hydrogen (secondary N) is 1. The van der Waals surface area contributed by atoms with Gasteiger partial charge in [0.25, 0.3) is 0 Å². The van der Waals surface area contributed by atoms with Crippen molar-refractivity contribution in [3.63, 3.8) is 0 Å². The van der Waals surface area contributed by atoms with Crippen molar-refractivity contribution < 1.29 is 14.4 Å². The standard InChI is InChI=1S/C23H39N3O3/c27-21-10-6-15-25(21)16-7-17-26-18-20(11-12-22(26)28)23(29)24-14-13-19-8-4-2-1-3-5-9-19/h19-20H,1-18H2,(H,24,29)/t20-/m0/s1. The Hall–Kier alpha value is -1.59. The van der Waals surface area contributed by atoms with Crippen LogP contribution in [0, 0.1) is 11.8 Å². The van der Waals surface area contributed by atoms with Crippen LogP contribution in [-0.4, -0.2) is 60.2 Å². The Kier molecular flexibility index (Phi) is 8.81. The molecule has 0 spiro atoms. The van der Waals surface area contributed by atoms with Crippen molar-refractivity contribution in [2.45, 2.75) is 83.5 Å². The predicted molar refractivity (Wildman–Crippen MR) is 113 cm³/mol. The van der Waals surface area contributed by atoms with Gasteiger partial charge in [0.2, 0.25) is 17.7 Å². The fourth-order valence-corrected chi connectivity index (χ4v) is 5.11. The van der Waals surface area contributed by atoms with E-state index in [2.05, 4.69) is 5.32 Å². The molecular weight excluding hydrogens is 366 g/mol. The van der Waals surface area contributed by atoms with Crippen LogP contribution < -0.4 is 5.32 Å².